The first-order chi connectivity index (χ1) is 17.9. The van der Waals surface area contributed by atoms with E-state index in [1.165, 1.54) is 27.4 Å². The maximum Gasteiger partial charge on any atom is 0.248 e. The van der Waals surface area contributed by atoms with Gasteiger partial charge in [0.15, 0.2) is 17.3 Å². The van der Waals surface area contributed by atoms with Crippen LogP contribution in [0.15, 0.2) is 60.9 Å². The molecule has 1 N–H and O–H groups in total. The summed E-state index contributed by atoms with van der Waals surface area (Å²) in [5, 5.41) is 11.2. The van der Waals surface area contributed by atoms with Crippen LogP contribution >= 0.6 is 0 Å². The van der Waals surface area contributed by atoms with E-state index in [9.17, 15) is 4.79 Å². The fourth-order valence-corrected chi connectivity index (χ4v) is 3.51. The van der Waals surface area contributed by atoms with Crippen LogP contribution in [0.4, 0.5) is 5.69 Å². The van der Waals surface area contributed by atoms with E-state index < -0.39 is 0 Å². The average Bonchev–Trinajstić information content (AvgIpc) is 3.26. The molecule has 0 bridgehead atoms. The third-order valence-corrected chi connectivity index (χ3v) is 5.58. The molecule has 10 heteroatoms. The topological polar surface area (TPSA) is 110 Å². The van der Waals surface area contributed by atoms with Gasteiger partial charge in [-0.15, -0.1) is 10.2 Å². The van der Waals surface area contributed by atoms with Crippen molar-refractivity contribution in [2.24, 2.45) is 0 Å². The van der Waals surface area contributed by atoms with E-state index in [0.29, 0.717) is 40.4 Å². The molecule has 0 atom stereocenters. The molecule has 0 saturated carbocycles. The van der Waals surface area contributed by atoms with Gasteiger partial charge in [-0.3, -0.25) is 9.36 Å². The van der Waals surface area contributed by atoms with Crippen LogP contribution in [0.1, 0.15) is 17.0 Å². The smallest absolute Gasteiger partial charge is 0.248 e. The number of nitrogens with zero attached hydrogens (tertiary/aromatic N) is 4. The Morgan fingerprint density at radius 2 is 1.62 bits per heavy atom. The Morgan fingerprint density at radius 1 is 0.919 bits per heavy atom. The van der Waals surface area contributed by atoms with E-state index in [1.54, 1.807) is 54.9 Å². The lowest BCUT2D eigenvalue weighted by atomic mass is 10.1. The third-order valence-electron chi connectivity index (χ3n) is 5.58. The van der Waals surface area contributed by atoms with Crippen LogP contribution in [0.3, 0.4) is 0 Å². The summed E-state index contributed by atoms with van der Waals surface area (Å²) in [6, 6.07) is 14.0. The molecule has 2 aromatic carbocycles. The van der Waals surface area contributed by atoms with Gasteiger partial charge in [0, 0.05) is 23.5 Å². The van der Waals surface area contributed by atoms with Gasteiger partial charge in [-0.25, -0.2) is 4.98 Å². The standard InChI is InChI=1S/C27H27N5O5/c1-17-18(2)32(16-28-17)24-11-13-26(31-30-24)37-21-9-7-20(8-10-21)29-25(33)12-6-19-14-22(34-3)27(36-5)23(15-19)35-4/h6-16H,1-5H3,(H,29,33)/b12-6+. The number of carbonyl (C=O) groups is 1. The molecule has 0 saturated heterocycles. The highest BCUT2D eigenvalue weighted by Gasteiger charge is 2.12. The van der Waals surface area contributed by atoms with Crippen LogP contribution in [0.25, 0.3) is 11.9 Å². The highest BCUT2D eigenvalue weighted by atomic mass is 16.5. The largest absolute Gasteiger partial charge is 0.493 e. The number of hydrogen-bond donors (Lipinski definition) is 1. The number of benzene rings is 2. The number of rotatable bonds is 9. The lowest BCUT2D eigenvalue weighted by Crippen LogP contribution is -2.07. The number of hydrogen-bond acceptors (Lipinski definition) is 8. The monoisotopic (exact) mass is 501 g/mol. The molecule has 10 nitrogen and oxygen atoms in total. The fraction of sp³-hybridized carbons (Fsp3) is 0.185. The molecule has 0 radical (unpaired) electrons. The summed E-state index contributed by atoms with van der Waals surface area (Å²) >= 11 is 0. The lowest BCUT2D eigenvalue weighted by molar-refractivity contribution is -0.111. The Hall–Kier alpha value is -4.86. The van der Waals surface area contributed by atoms with Crippen molar-refractivity contribution in [3.05, 3.63) is 77.9 Å². The molecule has 0 aliphatic heterocycles. The number of methoxy groups -OCH3 is 3. The van der Waals surface area contributed by atoms with Gasteiger partial charge in [-0.2, -0.15) is 0 Å². The van der Waals surface area contributed by atoms with Gasteiger partial charge in [-0.05, 0) is 68.0 Å². The van der Waals surface area contributed by atoms with Gasteiger partial charge >= 0.3 is 0 Å². The maximum atomic E-state index is 12.4. The minimum absolute atomic E-state index is 0.297. The highest BCUT2D eigenvalue weighted by Crippen LogP contribution is 2.38. The van der Waals surface area contributed by atoms with Crippen molar-refractivity contribution in [2.75, 3.05) is 26.6 Å². The predicted molar refractivity (Wildman–Crippen MR) is 139 cm³/mol. The zero-order chi connectivity index (χ0) is 26.4. The summed E-state index contributed by atoms with van der Waals surface area (Å²) in [5.74, 6) is 2.76. The molecule has 4 aromatic rings. The summed E-state index contributed by atoms with van der Waals surface area (Å²) in [6.45, 7) is 3.91. The molecule has 0 aliphatic rings. The predicted octanol–water partition coefficient (Wildman–Crippen LogP) is 4.75. The molecule has 2 heterocycles. The molecule has 0 unspecified atom stereocenters. The zero-order valence-electron chi connectivity index (χ0n) is 21.2. The fourth-order valence-electron chi connectivity index (χ4n) is 3.51. The summed E-state index contributed by atoms with van der Waals surface area (Å²) in [6.07, 6.45) is 4.79. The molecule has 0 aliphatic carbocycles. The number of anilines is 1. The van der Waals surface area contributed by atoms with Crippen LogP contribution < -0.4 is 24.3 Å². The van der Waals surface area contributed by atoms with E-state index in [2.05, 4.69) is 20.5 Å². The summed E-state index contributed by atoms with van der Waals surface area (Å²) in [4.78, 5) is 16.7. The van der Waals surface area contributed by atoms with E-state index in [-0.39, 0.29) is 5.91 Å². The number of aromatic nitrogens is 4. The van der Waals surface area contributed by atoms with Crippen LogP contribution in [0.2, 0.25) is 0 Å². The number of aryl methyl sites for hydroxylation is 1. The number of imidazole rings is 1. The second-order valence-electron chi connectivity index (χ2n) is 7.92. The Kier molecular flexibility index (Phi) is 7.68. The van der Waals surface area contributed by atoms with Crippen molar-refractivity contribution in [1.82, 2.24) is 19.7 Å². The van der Waals surface area contributed by atoms with Crippen molar-refractivity contribution < 1.29 is 23.7 Å². The van der Waals surface area contributed by atoms with Gasteiger partial charge in [0.05, 0.1) is 27.0 Å². The number of nitrogens with one attached hydrogen (secondary N) is 1. The summed E-state index contributed by atoms with van der Waals surface area (Å²) in [5.41, 5.74) is 3.27. The third kappa shape index (κ3) is 5.87. The van der Waals surface area contributed by atoms with E-state index >= 15 is 0 Å². The highest BCUT2D eigenvalue weighted by molar-refractivity contribution is 6.02. The van der Waals surface area contributed by atoms with Crippen LogP contribution in [0.5, 0.6) is 28.9 Å². The quantitative estimate of drug-likeness (QED) is 0.327. The molecule has 0 spiro atoms. The van der Waals surface area contributed by atoms with Gasteiger partial charge in [0.25, 0.3) is 0 Å². The van der Waals surface area contributed by atoms with Crippen molar-refractivity contribution in [2.45, 2.75) is 13.8 Å². The molecule has 190 valence electrons. The Balaban J connectivity index is 1.37. The van der Waals surface area contributed by atoms with Crippen molar-refractivity contribution in [3.63, 3.8) is 0 Å². The van der Waals surface area contributed by atoms with Crippen molar-refractivity contribution in [3.8, 4) is 34.7 Å². The first kappa shape index (κ1) is 25.2. The van der Waals surface area contributed by atoms with E-state index in [4.69, 9.17) is 18.9 Å². The number of carbonyl (C=O) groups excluding carboxylic acids is 1. The molecular formula is C27H27N5O5. The molecule has 2 aromatic heterocycles. The van der Waals surface area contributed by atoms with E-state index in [1.807, 2.05) is 24.5 Å². The normalized spacial score (nSPS) is 10.8. The second-order valence-corrected chi connectivity index (χ2v) is 7.92. The van der Waals surface area contributed by atoms with Gasteiger partial charge in [0.2, 0.25) is 17.5 Å². The van der Waals surface area contributed by atoms with Crippen molar-refractivity contribution >= 4 is 17.7 Å². The number of amides is 1. The molecule has 4 rings (SSSR count). The van der Waals surface area contributed by atoms with Crippen LogP contribution in [0, 0.1) is 13.8 Å². The number of ether oxygens (including phenoxy) is 4. The molecule has 0 fully saturated rings. The van der Waals surface area contributed by atoms with Crippen LogP contribution in [-0.2, 0) is 4.79 Å². The van der Waals surface area contributed by atoms with Gasteiger partial charge in [0.1, 0.15) is 12.1 Å². The first-order valence-electron chi connectivity index (χ1n) is 11.3. The average molecular weight is 502 g/mol. The van der Waals surface area contributed by atoms with Crippen molar-refractivity contribution in [1.29, 1.82) is 0 Å². The second kappa shape index (κ2) is 11.3. The van der Waals surface area contributed by atoms with Gasteiger partial charge in [-0.1, -0.05) is 0 Å². The van der Waals surface area contributed by atoms with E-state index in [0.717, 1.165) is 17.0 Å². The summed E-state index contributed by atoms with van der Waals surface area (Å²) < 4.78 is 23.6. The molecule has 1 amide bonds. The zero-order valence-corrected chi connectivity index (χ0v) is 21.2. The minimum atomic E-state index is -0.297. The summed E-state index contributed by atoms with van der Waals surface area (Å²) in [7, 11) is 4.61. The Bertz CT molecular complexity index is 1390. The molecule has 37 heavy (non-hydrogen) atoms. The minimum Gasteiger partial charge on any atom is -0.493 e. The SMILES string of the molecule is COc1cc(/C=C/C(=O)Nc2ccc(Oc3ccc(-n4cnc(C)c4C)nn3)cc2)cc(OC)c1OC. The molecular weight excluding hydrogens is 474 g/mol. The van der Waals surface area contributed by atoms with Crippen LogP contribution in [-0.4, -0.2) is 47.0 Å². The first-order valence-corrected chi connectivity index (χ1v) is 11.3. The maximum absolute atomic E-state index is 12.4. The lowest BCUT2D eigenvalue weighted by Gasteiger charge is -2.12. The Labute approximate surface area is 214 Å². The Morgan fingerprint density at radius 3 is 2.16 bits per heavy atom. The van der Waals surface area contributed by atoms with Gasteiger partial charge < -0.3 is 24.3 Å².